The first-order valence-electron chi connectivity index (χ1n) is 10.1. The molecule has 1 atom stereocenters. The predicted octanol–water partition coefficient (Wildman–Crippen LogP) is 2.10. The van der Waals surface area contributed by atoms with E-state index >= 15 is 0 Å². The van der Waals surface area contributed by atoms with Gasteiger partial charge in [-0.15, -0.1) is 0 Å². The molecule has 8 heteroatoms. The minimum Gasteiger partial charge on any atom is -0.398 e. The highest BCUT2D eigenvalue weighted by Crippen LogP contribution is 2.32. The van der Waals surface area contributed by atoms with E-state index in [-0.39, 0.29) is 18.2 Å². The zero-order valence-electron chi connectivity index (χ0n) is 17.0. The Labute approximate surface area is 178 Å². The molecule has 2 aromatic carbocycles. The Morgan fingerprint density at radius 1 is 1.10 bits per heavy atom. The second kappa shape index (κ2) is 7.09. The van der Waals surface area contributed by atoms with Gasteiger partial charge in [0.25, 0.3) is 5.91 Å². The molecule has 1 fully saturated rings. The van der Waals surface area contributed by atoms with Gasteiger partial charge in [0, 0.05) is 48.6 Å². The first kappa shape index (κ1) is 19.0. The van der Waals surface area contributed by atoms with Crippen LogP contribution in [0.1, 0.15) is 28.8 Å². The summed E-state index contributed by atoms with van der Waals surface area (Å²) in [5.74, 6) is -0.130. The van der Waals surface area contributed by atoms with Crippen LogP contribution in [0.5, 0.6) is 0 Å². The molecule has 1 unspecified atom stereocenters. The average molecular weight is 415 g/mol. The predicted molar refractivity (Wildman–Crippen MR) is 115 cm³/mol. The van der Waals surface area contributed by atoms with Crippen LogP contribution in [0.3, 0.4) is 0 Å². The maximum absolute atomic E-state index is 12.9. The number of imidazole rings is 1. The number of imide groups is 1. The maximum atomic E-state index is 12.9. The van der Waals surface area contributed by atoms with E-state index < -0.39 is 11.9 Å². The Morgan fingerprint density at radius 2 is 1.90 bits per heavy atom. The number of nitrogens with one attached hydrogen (secondary N) is 1. The number of nitrogens with two attached hydrogens (primary N) is 1. The van der Waals surface area contributed by atoms with Crippen LogP contribution in [0.15, 0.2) is 48.7 Å². The summed E-state index contributed by atoms with van der Waals surface area (Å²) in [4.78, 5) is 42.9. The van der Waals surface area contributed by atoms with Crippen molar-refractivity contribution in [1.29, 1.82) is 0 Å². The van der Waals surface area contributed by atoms with Crippen molar-refractivity contribution in [3.8, 4) is 22.6 Å². The van der Waals surface area contributed by atoms with E-state index in [4.69, 9.17) is 10.7 Å². The summed E-state index contributed by atoms with van der Waals surface area (Å²) in [6, 6.07) is 12.5. The largest absolute Gasteiger partial charge is 0.398 e. The van der Waals surface area contributed by atoms with Crippen molar-refractivity contribution in [3.05, 3.63) is 59.8 Å². The molecule has 156 valence electrons. The van der Waals surface area contributed by atoms with Gasteiger partial charge in [0.1, 0.15) is 11.9 Å². The van der Waals surface area contributed by atoms with E-state index in [1.165, 1.54) is 0 Å². The number of aryl methyl sites for hydroxylation is 1. The first-order valence-corrected chi connectivity index (χ1v) is 10.1. The molecule has 5 rings (SSSR count). The van der Waals surface area contributed by atoms with Crippen LogP contribution in [0, 0.1) is 0 Å². The number of piperidine rings is 1. The number of nitrogen functional groups attached to an aromatic ring is 1. The monoisotopic (exact) mass is 415 g/mol. The smallest absolute Gasteiger partial charge is 0.255 e. The van der Waals surface area contributed by atoms with Gasteiger partial charge in [0.2, 0.25) is 11.8 Å². The summed E-state index contributed by atoms with van der Waals surface area (Å²) in [5, 5.41) is 2.33. The van der Waals surface area contributed by atoms with Crippen molar-refractivity contribution in [2.24, 2.45) is 7.05 Å². The number of hydrogen-bond acceptors (Lipinski definition) is 5. The molecule has 1 saturated heterocycles. The number of hydrogen-bond donors (Lipinski definition) is 2. The van der Waals surface area contributed by atoms with E-state index in [1.807, 2.05) is 54.2 Å². The third-order valence-electron chi connectivity index (χ3n) is 5.90. The summed E-state index contributed by atoms with van der Waals surface area (Å²) < 4.78 is 1.93. The lowest BCUT2D eigenvalue weighted by atomic mass is 10.0. The van der Waals surface area contributed by atoms with Crippen LogP contribution in [0.4, 0.5) is 5.69 Å². The van der Waals surface area contributed by atoms with Gasteiger partial charge in [-0.1, -0.05) is 18.2 Å². The standard InChI is InChI=1S/C23H21N5O3/c1-27-12-18(25-21(27)16-4-2-3-5-17(16)24)13-6-7-15-14(10-13)11-28(23(15)31)19-8-9-20(29)26-22(19)30/h2-7,10,12,19H,8-9,11,24H2,1H3,(H,26,29,30). The fraction of sp³-hybridized carbons (Fsp3) is 0.217. The summed E-state index contributed by atoms with van der Waals surface area (Å²) in [7, 11) is 1.92. The fourth-order valence-electron chi connectivity index (χ4n) is 4.29. The molecule has 3 aromatic rings. The molecule has 0 aliphatic carbocycles. The number of aromatic nitrogens is 2. The maximum Gasteiger partial charge on any atom is 0.255 e. The Kier molecular flexibility index (Phi) is 4.35. The van der Waals surface area contributed by atoms with Gasteiger partial charge in [-0.3, -0.25) is 19.7 Å². The number of carbonyl (C=O) groups is 3. The highest BCUT2D eigenvalue weighted by atomic mass is 16.2. The molecular formula is C23H21N5O3. The number of nitrogens with zero attached hydrogens (tertiary/aromatic N) is 3. The van der Waals surface area contributed by atoms with Crippen molar-refractivity contribution < 1.29 is 14.4 Å². The van der Waals surface area contributed by atoms with Gasteiger partial charge in [0.05, 0.1) is 5.69 Å². The van der Waals surface area contributed by atoms with Crippen LogP contribution < -0.4 is 11.1 Å². The fourth-order valence-corrected chi connectivity index (χ4v) is 4.29. The third-order valence-corrected chi connectivity index (χ3v) is 5.90. The Morgan fingerprint density at radius 3 is 2.68 bits per heavy atom. The average Bonchev–Trinajstić information content (AvgIpc) is 3.28. The van der Waals surface area contributed by atoms with Crippen LogP contribution in [-0.4, -0.2) is 38.2 Å². The Balaban J connectivity index is 1.45. The Bertz CT molecular complexity index is 1250. The SMILES string of the molecule is Cn1cc(-c2ccc3c(c2)CN(C2CCC(=O)NC2=O)C3=O)nc1-c1ccccc1N. The molecule has 1 aromatic heterocycles. The number of anilines is 1. The highest BCUT2D eigenvalue weighted by molar-refractivity contribution is 6.05. The second-order valence-electron chi connectivity index (χ2n) is 7.92. The van der Waals surface area contributed by atoms with E-state index in [1.54, 1.807) is 11.0 Å². The molecule has 0 spiro atoms. The van der Waals surface area contributed by atoms with Gasteiger partial charge >= 0.3 is 0 Å². The Hall–Kier alpha value is -3.94. The molecule has 3 N–H and O–H groups in total. The number of rotatable bonds is 3. The minimum absolute atomic E-state index is 0.185. The molecule has 2 aliphatic heterocycles. The summed E-state index contributed by atoms with van der Waals surface area (Å²) in [6.45, 7) is 0.333. The molecule has 0 radical (unpaired) electrons. The van der Waals surface area contributed by atoms with E-state index in [0.29, 0.717) is 24.2 Å². The number of para-hydroxylation sites is 1. The van der Waals surface area contributed by atoms with Crippen molar-refractivity contribution >= 4 is 23.4 Å². The molecule has 31 heavy (non-hydrogen) atoms. The topological polar surface area (TPSA) is 110 Å². The summed E-state index contributed by atoms with van der Waals surface area (Å²) >= 11 is 0. The van der Waals surface area contributed by atoms with Crippen molar-refractivity contribution in [2.75, 3.05) is 5.73 Å². The third kappa shape index (κ3) is 3.16. The lowest BCUT2D eigenvalue weighted by Gasteiger charge is -2.29. The van der Waals surface area contributed by atoms with E-state index in [0.717, 1.165) is 28.2 Å². The van der Waals surface area contributed by atoms with Crippen LogP contribution in [-0.2, 0) is 23.2 Å². The van der Waals surface area contributed by atoms with E-state index in [2.05, 4.69) is 5.32 Å². The molecule has 0 bridgehead atoms. The van der Waals surface area contributed by atoms with Crippen LogP contribution in [0.2, 0.25) is 0 Å². The molecule has 3 amide bonds. The highest BCUT2D eigenvalue weighted by Gasteiger charge is 2.39. The van der Waals surface area contributed by atoms with Crippen LogP contribution in [0.25, 0.3) is 22.6 Å². The quantitative estimate of drug-likeness (QED) is 0.503. The van der Waals surface area contributed by atoms with Crippen molar-refractivity contribution in [2.45, 2.75) is 25.4 Å². The van der Waals surface area contributed by atoms with Gasteiger partial charge < -0.3 is 15.2 Å². The molecule has 8 nitrogen and oxygen atoms in total. The minimum atomic E-state index is -0.622. The zero-order chi connectivity index (χ0) is 21.7. The van der Waals surface area contributed by atoms with E-state index in [9.17, 15) is 14.4 Å². The normalized spacial score (nSPS) is 18.3. The number of benzene rings is 2. The lowest BCUT2D eigenvalue weighted by molar-refractivity contribution is -0.136. The lowest BCUT2D eigenvalue weighted by Crippen LogP contribution is -2.52. The van der Waals surface area contributed by atoms with Gasteiger partial charge in [-0.05, 0) is 36.2 Å². The van der Waals surface area contributed by atoms with Gasteiger partial charge in [-0.2, -0.15) is 0 Å². The van der Waals surface area contributed by atoms with Crippen LogP contribution >= 0.6 is 0 Å². The molecule has 0 saturated carbocycles. The number of amides is 3. The van der Waals surface area contributed by atoms with Gasteiger partial charge in [-0.25, -0.2) is 4.98 Å². The summed E-state index contributed by atoms with van der Waals surface area (Å²) in [5.41, 5.74) is 10.7. The van der Waals surface area contributed by atoms with Crippen molar-refractivity contribution in [3.63, 3.8) is 0 Å². The van der Waals surface area contributed by atoms with Crippen molar-refractivity contribution in [1.82, 2.24) is 19.8 Å². The molecule has 2 aliphatic rings. The molecular weight excluding hydrogens is 394 g/mol. The first-order chi connectivity index (χ1) is 14.9. The number of fused-ring (bicyclic) bond motifs is 1. The summed E-state index contributed by atoms with van der Waals surface area (Å²) in [6.07, 6.45) is 2.51. The second-order valence-corrected chi connectivity index (χ2v) is 7.92. The molecule has 3 heterocycles. The van der Waals surface area contributed by atoms with Gasteiger partial charge in [0.15, 0.2) is 0 Å². The number of carbonyl (C=O) groups excluding carboxylic acids is 3. The zero-order valence-corrected chi connectivity index (χ0v) is 17.0.